The van der Waals surface area contributed by atoms with Crippen LogP contribution in [-0.2, 0) is 4.79 Å². The predicted molar refractivity (Wildman–Crippen MR) is 43.6 cm³/mol. The van der Waals surface area contributed by atoms with Gasteiger partial charge in [-0.15, -0.1) is 0 Å². The zero-order valence-electron chi connectivity index (χ0n) is 6.79. The van der Waals surface area contributed by atoms with Crippen LogP contribution in [0.15, 0.2) is 5.70 Å². The molecule has 1 rings (SSSR count). The van der Waals surface area contributed by atoms with Crippen molar-refractivity contribution in [2.24, 2.45) is 5.73 Å². The number of hydrogen-bond acceptors (Lipinski definition) is 4. The highest BCUT2D eigenvalue weighted by atomic mass is 16.1. The van der Waals surface area contributed by atoms with Crippen LogP contribution in [0.3, 0.4) is 0 Å². The van der Waals surface area contributed by atoms with Crippen LogP contribution in [0.5, 0.6) is 0 Å². The lowest BCUT2D eigenvalue weighted by Gasteiger charge is -2.30. The molecular formula is C8H11N3O. The van der Waals surface area contributed by atoms with Crippen LogP contribution in [0.25, 0.3) is 0 Å². The maximum Gasteiger partial charge on any atom is 0.147 e. The highest BCUT2D eigenvalue weighted by molar-refractivity contribution is 5.54. The Labute approximate surface area is 71.3 Å². The third-order valence-electron chi connectivity index (χ3n) is 2.00. The average Bonchev–Trinajstić information content (AvgIpc) is 2.05. The smallest absolute Gasteiger partial charge is 0.147 e. The normalized spacial score (nSPS) is 23.2. The van der Waals surface area contributed by atoms with Gasteiger partial charge in [0.25, 0.3) is 0 Å². The SMILES string of the molecule is N#CCN1CCCC(N)C1=C=O. The Hall–Kier alpha value is -1.30. The Balaban J connectivity index is 2.73. The molecule has 4 nitrogen and oxygen atoms in total. The van der Waals surface area contributed by atoms with Gasteiger partial charge in [-0.2, -0.15) is 5.26 Å². The summed E-state index contributed by atoms with van der Waals surface area (Å²) in [6, 6.07) is 1.76. The molecule has 1 saturated heterocycles. The van der Waals surface area contributed by atoms with E-state index in [1.807, 2.05) is 6.07 Å². The highest BCUT2D eigenvalue weighted by Gasteiger charge is 2.22. The lowest BCUT2D eigenvalue weighted by atomic mass is 10.0. The molecule has 0 amide bonds. The summed E-state index contributed by atoms with van der Waals surface area (Å²) in [5, 5.41) is 8.44. The van der Waals surface area contributed by atoms with Crippen molar-refractivity contribution >= 4 is 5.94 Å². The van der Waals surface area contributed by atoms with Crippen molar-refractivity contribution < 1.29 is 4.79 Å². The molecule has 1 atom stereocenters. The molecular weight excluding hydrogens is 154 g/mol. The van der Waals surface area contributed by atoms with Crippen molar-refractivity contribution in [3.8, 4) is 6.07 Å². The quantitative estimate of drug-likeness (QED) is 0.426. The third kappa shape index (κ3) is 1.65. The van der Waals surface area contributed by atoms with Crippen molar-refractivity contribution in [3.05, 3.63) is 5.70 Å². The predicted octanol–water partition coefficient (Wildman–Crippen LogP) is -0.351. The standard InChI is InChI=1S/C8H11N3O/c9-3-5-11-4-1-2-7(10)8(11)6-12/h7H,1-2,4-5,10H2. The van der Waals surface area contributed by atoms with E-state index < -0.39 is 0 Å². The number of piperidine rings is 1. The largest absolute Gasteiger partial charge is 0.351 e. The molecule has 0 bridgehead atoms. The zero-order valence-corrected chi connectivity index (χ0v) is 6.79. The van der Waals surface area contributed by atoms with Gasteiger partial charge in [-0.05, 0) is 12.8 Å². The first-order chi connectivity index (χ1) is 5.79. The van der Waals surface area contributed by atoms with E-state index in [0.29, 0.717) is 5.70 Å². The number of hydrogen-bond donors (Lipinski definition) is 1. The fourth-order valence-corrected chi connectivity index (χ4v) is 1.38. The minimum atomic E-state index is -0.232. The Bertz CT molecular complexity index is 250. The van der Waals surface area contributed by atoms with Crippen LogP contribution < -0.4 is 5.73 Å². The van der Waals surface area contributed by atoms with E-state index in [2.05, 4.69) is 0 Å². The topological polar surface area (TPSA) is 70.1 Å². The number of nitriles is 1. The first kappa shape index (κ1) is 8.79. The monoisotopic (exact) mass is 165 g/mol. The van der Waals surface area contributed by atoms with Crippen LogP contribution in [-0.4, -0.2) is 30.0 Å². The molecule has 0 aliphatic carbocycles. The second-order valence-corrected chi connectivity index (χ2v) is 2.82. The fraction of sp³-hybridized carbons (Fsp3) is 0.625. The first-order valence-electron chi connectivity index (χ1n) is 3.92. The molecule has 0 saturated carbocycles. The van der Waals surface area contributed by atoms with Gasteiger partial charge in [-0.25, -0.2) is 4.79 Å². The highest BCUT2D eigenvalue weighted by Crippen LogP contribution is 2.16. The molecule has 1 heterocycles. The molecule has 64 valence electrons. The summed E-state index contributed by atoms with van der Waals surface area (Å²) >= 11 is 0. The van der Waals surface area contributed by atoms with Crippen molar-refractivity contribution in [2.75, 3.05) is 13.1 Å². The van der Waals surface area contributed by atoms with Gasteiger partial charge in [-0.1, -0.05) is 0 Å². The molecule has 0 aromatic rings. The Morgan fingerprint density at radius 3 is 3.08 bits per heavy atom. The van der Waals surface area contributed by atoms with E-state index in [1.165, 1.54) is 0 Å². The fourth-order valence-electron chi connectivity index (χ4n) is 1.38. The Morgan fingerprint density at radius 1 is 1.75 bits per heavy atom. The Morgan fingerprint density at radius 2 is 2.50 bits per heavy atom. The van der Waals surface area contributed by atoms with E-state index in [0.717, 1.165) is 19.4 Å². The summed E-state index contributed by atoms with van der Waals surface area (Å²) in [6.07, 6.45) is 1.75. The van der Waals surface area contributed by atoms with Gasteiger partial charge in [0.05, 0.1) is 12.1 Å². The van der Waals surface area contributed by atoms with E-state index in [1.54, 1.807) is 10.8 Å². The van der Waals surface area contributed by atoms with Gasteiger partial charge < -0.3 is 10.6 Å². The molecule has 12 heavy (non-hydrogen) atoms. The molecule has 1 aliphatic rings. The molecule has 0 radical (unpaired) electrons. The molecule has 1 aliphatic heterocycles. The molecule has 1 unspecified atom stereocenters. The average molecular weight is 165 g/mol. The Kier molecular flexibility index (Phi) is 2.87. The van der Waals surface area contributed by atoms with Gasteiger partial charge >= 0.3 is 0 Å². The summed E-state index contributed by atoms with van der Waals surface area (Å²) in [7, 11) is 0. The van der Waals surface area contributed by atoms with Crippen LogP contribution in [0.1, 0.15) is 12.8 Å². The zero-order chi connectivity index (χ0) is 8.97. The lowest BCUT2D eigenvalue weighted by Crippen LogP contribution is -2.41. The van der Waals surface area contributed by atoms with Crippen LogP contribution in [0.2, 0.25) is 0 Å². The van der Waals surface area contributed by atoms with Crippen molar-refractivity contribution in [2.45, 2.75) is 18.9 Å². The van der Waals surface area contributed by atoms with Gasteiger partial charge in [0.2, 0.25) is 0 Å². The minimum absolute atomic E-state index is 0.232. The number of likely N-dealkylation sites (tertiary alicyclic amines) is 1. The maximum atomic E-state index is 10.5. The van der Waals surface area contributed by atoms with Gasteiger partial charge in [-0.3, -0.25) is 0 Å². The summed E-state index contributed by atoms with van der Waals surface area (Å²) < 4.78 is 0. The molecule has 4 heteroatoms. The van der Waals surface area contributed by atoms with Gasteiger partial charge in [0, 0.05) is 6.54 Å². The van der Waals surface area contributed by atoms with Crippen molar-refractivity contribution in [1.29, 1.82) is 5.26 Å². The summed E-state index contributed by atoms with van der Waals surface area (Å²) in [4.78, 5) is 12.2. The lowest BCUT2D eigenvalue weighted by molar-refractivity contribution is 0.301. The molecule has 0 aromatic carbocycles. The number of nitrogens with two attached hydrogens (primary N) is 1. The maximum absolute atomic E-state index is 10.5. The van der Waals surface area contributed by atoms with E-state index in [9.17, 15) is 4.79 Å². The number of nitrogens with zero attached hydrogens (tertiary/aromatic N) is 2. The summed E-state index contributed by atoms with van der Waals surface area (Å²) in [6.45, 7) is 0.976. The minimum Gasteiger partial charge on any atom is -0.351 e. The molecule has 0 aromatic heterocycles. The van der Waals surface area contributed by atoms with E-state index in [4.69, 9.17) is 11.0 Å². The van der Waals surface area contributed by atoms with Gasteiger partial charge in [0.15, 0.2) is 0 Å². The van der Waals surface area contributed by atoms with E-state index >= 15 is 0 Å². The second kappa shape index (κ2) is 3.91. The van der Waals surface area contributed by atoms with Gasteiger partial charge in [0.1, 0.15) is 18.2 Å². The first-order valence-corrected chi connectivity index (χ1v) is 3.92. The summed E-state index contributed by atoms with van der Waals surface area (Å²) in [5.41, 5.74) is 6.11. The van der Waals surface area contributed by atoms with Crippen LogP contribution >= 0.6 is 0 Å². The molecule has 0 spiro atoms. The third-order valence-corrected chi connectivity index (χ3v) is 2.00. The van der Waals surface area contributed by atoms with E-state index in [-0.39, 0.29) is 12.6 Å². The van der Waals surface area contributed by atoms with Crippen molar-refractivity contribution in [3.63, 3.8) is 0 Å². The van der Waals surface area contributed by atoms with Crippen molar-refractivity contribution in [1.82, 2.24) is 4.90 Å². The molecule has 1 fully saturated rings. The van der Waals surface area contributed by atoms with Crippen LogP contribution in [0.4, 0.5) is 0 Å². The second-order valence-electron chi connectivity index (χ2n) is 2.82. The number of carbonyl (C=O) groups excluding carboxylic acids is 1. The van der Waals surface area contributed by atoms with Crippen LogP contribution in [0, 0.1) is 11.3 Å². The molecule has 2 N–H and O–H groups in total. The number of rotatable bonds is 1. The summed E-state index contributed by atoms with van der Waals surface area (Å²) in [5.74, 6) is 1.81.